The molecule has 1 fully saturated rings. The Morgan fingerprint density at radius 1 is 1.22 bits per heavy atom. The Morgan fingerprint density at radius 2 is 1.94 bits per heavy atom. The zero-order valence-electron chi connectivity index (χ0n) is 11.2. The molecular weight excluding hydrogens is 256 g/mol. The van der Waals surface area contributed by atoms with Gasteiger partial charge in [-0.25, -0.2) is 8.42 Å². The number of hydrogen-bond donors (Lipinski definition) is 1. The molecule has 18 heavy (non-hydrogen) atoms. The molecule has 1 N–H and O–H groups in total. The number of sulfonamides is 1. The molecule has 0 radical (unpaired) electrons. The van der Waals surface area contributed by atoms with Gasteiger partial charge in [0.25, 0.3) is 0 Å². The molecule has 0 bridgehead atoms. The van der Waals surface area contributed by atoms with Crippen LogP contribution in [0.5, 0.6) is 0 Å². The SMILES string of the molecule is COCCCN(CCOC)S(=O)(=O)C1CCNC1. The standard InChI is InChI=1S/C11H24N2O4S/c1-16-8-3-6-13(7-9-17-2)18(14,15)11-4-5-12-10-11/h11-12H,3-10H2,1-2H3. The maximum atomic E-state index is 12.4. The van der Waals surface area contributed by atoms with Gasteiger partial charge in [0.1, 0.15) is 0 Å². The molecule has 0 spiro atoms. The molecule has 0 aromatic carbocycles. The van der Waals surface area contributed by atoms with Crippen molar-refractivity contribution in [2.45, 2.75) is 18.1 Å². The minimum atomic E-state index is -3.22. The summed E-state index contributed by atoms with van der Waals surface area (Å²) in [6.07, 6.45) is 1.40. The Morgan fingerprint density at radius 3 is 2.50 bits per heavy atom. The summed E-state index contributed by atoms with van der Waals surface area (Å²) in [7, 11) is -0.0179. The van der Waals surface area contributed by atoms with E-state index in [0.29, 0.717) is 45.7 Å². The molecule has 6 nitrogen and oxygen atoms in total. The minimum absolute atomic E-state index is 0.295. The van der Waals surface area contributed by atoms with Gasteiger partial charge in [-0.3, -0.25) is 0 Å². The van der Waals surface area contributed by atoms with Gasteiger partial charge in [-0.15, -0.1) is 0 Å². The number of nitrogens with one attached hydrogen (secondary N) is 1. The van der Waals surface area contributed by atoms with Crippen LogP contribution < -0.4 is 5.32 Å². The van der Waals surface area contributed by atoms with E-state index in [1.807, 2.05) is 0 Å². The Kier molecular flexibility index (Phi) is 7.10. The van der Waals surface area contributed by atoms with Crippen molar-refractivity contribution in [1.82, 2.24) is 9.62 Å². The molecule has 1 aliphatic rings. The Labute approximate surface area is 110 Å². The summed E-state index contributed by atoms with van der Waals surface area (Å²) in [5.41, 5.74) is 0. The fourth-order valence-electron chi connectivity index (χ4n) is 2.04. The third-order valence-corrected chi connectivity index (χ3v) is 5.43. The molecule has 1 aliphatic heterocycles. The summed E-state index contributed by atoms with van der Waals surface area (Å²) in [5, 5.41) is 2.80. The molecule has 0 aliphatic carbocycles. The molecule has 0 saturated carbocycles. The largest absolute Gasteiger partial charge is 0.385 e. The van der Waals surface area contributed by atoms with E-state index in [0.717, 1.165) is 6.54 Å². The maximum absolute atomic E-state index is 12.4. The second kappa shape index (κ2) is 8.06. The van der Waals surface area contributed by atoms with Gasteiger partial charge in [0.05, 0.1) is 11.9 Å². The highest BCUT2D eigenvalue weighted by atomic mass is 32.2. The number of methoxy groups -OCH3 is 2. The predicted octanol–water partition coefficient (Wildman–Crippen LogP) is -0.337. The van der Waals surface area contributed by atoms with Gasteiger partial charge in [-0.1, -0.05) is 0 Å². The van der Waals surface area contributed by atoms with Gasteiger partial charge in [-0.2, -0.15) is 4.31 Å². The quantitative estimate of drug-likeness (QED) is 0.585. The lowest BCUT2D eigenvalue weighted by molar-refractivity contribution is 0.164. The van der Waals surface area contributed by atoms with Crippen molar-refractivity contribution >= 4 is 10.0 Å². The smallest absolute Gasteiger partial charge is 0.218 e. The lowest BCUT2D eigenvalue weighted by Crippen LogP contribution is -2.42. The first-order valence-corrected chi connectivity index (χ1v) is 7.80. The van der Waals surface area contributed by atoms with Crippen molar-refractivity contribution in [1.29, 1.82) is 0 Å². The zero-order valence-corrected chi connectivity index (χ0v) is 12.0. The molecule has 1 atom stereocenters. The van der Waals surface area contributed by atoms with Crippen LogP contribution in [-0.2, 0) is 19.5 Å². The molecule has 108 valence electrons. The fourth-order valence-corrected chi connectivity index (χ4v) is 3.92. The van der Waals surface area contributed by atoms with E-state index in [4.69, 9.17) is 9.47 Å². The molecular formula is C11H24N2O4S. The third-order valence-electron chi connectivity index (χ3n) is 3.10. The van der Waals surface area contributed by atoms with Gasteiger partial charge in [-0.05, 0) is 19.4 Å². The Hall–Kier alpha value is -0.210. The highest BCUT2D eigenvalue weighted by Crippen LogP contribution is 2.15. The lowest BCUT2D eigenvalue weighted by Gasteiger charge is -2.25. The minimum Gasteiger partial charge on any atom is -0.385 e. The normalized spacial score (nSPS) is 20.7. The second-order valence-corrected chi connectivity index (χ2v) is 6.61. The van der Waals surface area contributed by atoms with E-state index in [-0.39, 0.29) is 5.25 Å². The lowest BCUT2D eigenvalue weighted by atomic mass is 10.4. The van der Waals surface area contributed by atoms with Crippen molar-refractivity contribution < 1.29 is 17.9 Å². The van der Waals surface area contributed by atoms with E-state index in [9.17, 15) is 8.42 Å². The van der Waals surface area contributed by atoms with Crippen LogP contribution in [0.2, 0.25) is 0 Å². The monoisotopic (exact) mass is 280 g/mol. The average Bonchev–Trinajstić information content (AvgIpc) is 2.87. The van der Waals surface area contributed by atoms with E-state index in [2.05, 4.69) is 5.32 Å². The van der Waals surface area contributed by atoms with E-state index < -0.39 is 10.0 Å². The number of nitrogens with zero attached hydrogens (tertiary/aromatic N) is 1. The summed E-state index contributed by atoms with van der Waals surface area (Å²) >= 11 is 0. The van der Waals surface area contributed by atoms with Crippen LogP contribution in [0.15, 0.2) is 0 Å². The number of hydrogen-bond acceptors (Lipinski definition) is 5. The molecule has 1 rings (SSSR count). The van der Waals surface area contributed by atoms with Crippen LogP contribution in [-0.4, -0.2) is 71.6 Å². The van der Waals surface area contributed by atoms with Crippen LogP contribution in [0, 0.1) is 0 Å². The average molecular weight is 280 g/mol. The molecule has 1 heterocycles. The van der Waals surface area contributed by atoms with Gasteiger partial charge in [0.2, 0.25) is 10.0 Å². The van der Waals surface area contributed by atoms with Crippen molar-refractivity contribution in [3.8, 4) is 0 Å². The molecule has 0 aromatic heterocycles. The van der Waals surface area contributed by atoms with Gasteiger partial charge in [0, 0.05) is 40.5 Å². The van der Waals surface area contributed by atoms with Gasteiger partial charge in [0.15, 0.2) is 0 Å². The molecule has 1 unspecified atom stereocenters. The summed E-state index contributed by atoms with van der Waals surface area (Å²) in [5.74, 6) is 0. The topological polar surface area (TPSA) is 67.9 Å². The van der Waals surface area contributed by atoms with Crippen LogP contribution >= 0.6 is 0 Å². The van der Waals surface area contributed by atoms with Gasteiger partial charge < -0.3 is 14.8 Å². The first-order chi connectivity index (χ1) is 8.62. The number of rotatable bonds is 9. The van der Waals surface area contributed by atoms with E-state index in [1.165, 1.54) is 4.31 Å². The van der Waals surface area contributed by atoms with Crippen LogP contribution in [0.1, 0.15) is 12.8 Å². The molecule has 0 amide bonds. The Balaban J connectivity index is 2.60. The molecule has 7 heteroatoms. The highest BCUT2D eigenvalue weighted by molar-refractivity contribution is 7.89. The van der Waals surface area contributed by atoms with Gasteiger partial charge >= 0.3 is 0 Å². The van der Waals surface area contributed by atoms with Crippen molar-refractivity contribution in [2.75, 3.05) is 53.6 Å². The van der Waals surface area contributed by atoms with Crippen LogP contribution in [0.3, 0.4) is 0 Å². The van der Waals surface area contributed by atoms with Crippen LogP contribution in [0.25, 0.3) is 0 Å². The summed E-state index contributed by atoms with van der Waals surface area (Å²) < 4.78 is 36.3. The first kappa shape index (κ1) is 15.8. The van der Waals surface area contributed by atoms with E-state index in [1.54, 1.807) is 14.2 Å². The highest BCUT2D eigenvalue weighted by Gasteiger charge is 2.33. The maximum Gasteiger partial charge on any atom is 0.218 e. The third kappa shape index (κ3) is 4.47. The number of ether oxygens (including phenoxy) is 2. The summed E-state index contributed by atoms with van der Waals surface area (Å²) in [6, 6.07) is 0. The molecule has 1 saturated heterocycles. The van der Waals surface area contributed by atoms with Crippen molar-refractivity contribution in [3.63, 3.8) is 0 Å². The summed E-state index contributed by atoms with van der Waals surface area (Å²) in [4.78, 5) is 0. The fraction of sp³-hybridized carbons (Fsp3) is 1.00. The van der Waals surface area contributed by atoms with Crippen molar-refractivity contribution in [2.24, 2.45) is 0 Å². The molecule has 0 aromatic rings. The summed E-state index contributed by atoms with van der Waals surface area (Å²) in [6.45, 7) is 3.24. The Bertz CT molecular complexity index is 315. The predicted molar refractivity (Wildman–Crippen MR) is 70.1 cm³/mol. The van der Waals surface area contributed by atoms with Crippen molar-refractivity contribution in [3.05, 3.63) is 0 Å². The second-order valence-electron chi connectivity index (χ2n) is 4.40. The zero-order chi connectivity index (χ0) is 13.4. The van der Waals surface area contributed by atoms with Crippen LogP contribution in [0.4, 0.5) is 0 Å². The first-order valence-electron chi connectivity index (χ1n) is 6.30. The van der Waals surface area contributed by atoms with E-state index >= 15 is 0 Å².